The first-order chi connectivity index (χ1) is 7.59. The number of hydrogen-bond donors (Lipinski definition) is 2. The minimum Gasteiger partial charge on any atom is -0.370 e. The van der Waals surface area contributed by atoms with Gasteiger partial charge in [0, 0.05) is 16.4 Å². The van der Waals surface area contributed by atoms with Crippen molar-refractivity contribution >= 4 is 40.1 Å². The third kappa shape index (κ3) is 4.61. The van der Waals surface area contributed by atoms with Crippen LogP contribution in [0, 0.1) is 3.57 Å². The highest BCUT2D eigenvalue weighted by Crippen LogP contribution is 2.17. The molecule has 5 heteroatoms. The summed E-state index contributed by atoms with van der Waals surface area (Å²) < 4.78 is 0.989. The number of amides is 2. The van der Waals surface area contributed by atoms with Gasteiger partial charge in [-0.15, -0.1) is 0 Å². The number of benzene rings is 1. The molecule has 0 unspecified atom stereocenters. The average Bonchev–Trinajstić information content (AvgIpc) is 2.21. The van der Waals surface area contributed by atoms with Crippen LogP contribution >= 0.6 is 22.6 Å². The molecule has 0 aromatic heterocycles. The Labute approximate surface area is 108 Å². The Morgan fingerprint density at radius 1 is 1.25 bits per heavy atom. The van der Waals surface area contributed by atoms with Crippen LogP contribution in [0.5, 0.6) is 0 Å². The maximum Gasteiger partial charge on any atom is 0.224 e. The van der Waals surface area contributed by atoms with Gasteiger partial charge in [-0.3, -0.25) is 9.59 Å². The fraction of sp³-hybridized carbons (Fsp3) is 0.273. The Hall–Kier alpha value is -1.11. The van der Waals surface area contributed by atoms with E-state index in [1.54, 1.807) is 0 Å². The van der Waals surface area contributed by atoms with E-state index in [0.717, 1.165) is 9.26 Å². The summed E-state index contributed by atoms with van der Waals surface area (Å²) in [4.78, 5) is 22.0. The zero-order valence-corrected chi connectivity index (χ0v) is 10.9. The zero-order chi connectivity index (χ0) is 12.0. The van der Waals surface area contributed by atoms with Crippen LogP contribution in [0.2, 0.25) is 0 Å². The lowest BCUT2D eigenvalue weighted by Gasteiger charge is -2.06. The predicted octanol–water partition coefficient (Wildman–Crippen LogP) is 1.89. The van der Waals surface area contributed by atoms with Crippen molar-refractivity contribution in [3.63, 3.8) is 0 Å². The van der Waals surface area contributed by atoms with Crippen molar-refractivity contribution in [2.45, 2.75) is 19.3 Å². The van der Waals surface area contributed by atoms with Gasteiger partial charge < -0.3 is 11.1 Å². The second kappa shape index (κ2) is 6.47. The van der Waals surface area contributed by atoms with E-state index < -0.39 is 0 Å². The van der Waals surface area contributed by atoms with Crippen LogP contribution in [0.4, 0.5) is 5.69 Å². The standard InChI is InChI=1S/C11H13IN2O2/c12-8-4-1-2-5-9(8)14-11(16)7-3-6-10(13)15/h1-2,4-5H,3,6-7H2,(H2,13,15)(H,14,16). The minimum absolute atomic E-state index is 0.0923. The fourth-order valence-corrected chi connectivity index (χ4v) is 1.72. The molecular weight excluding hydrogens is 319 g/mol. The van der Waals surface area contributed by atoms with Crippen molar-refractivity contribution < 1.29 is 9.59 Å². The number of nitrogens with one attached hydrogen (secondary N) is 1. The summed E-state index contributed by atoms with van der Waals surface area (Å²) in [7, 11) is 0. The van der Waals surface area contributed by atoms with E-state index in [9.17, 15) is 9.59 Å². The molecule has 0 bridgehead atoms. The van der Waals surface area contributed by atoms with Crippen molar-refractivity contribution in [3.8, 4) is 0 Å². The Balaban J connectivity index is 2.40. The molecule has 1 aromatic carbocycles. The molecule has 86 valence electrons. The number of rotatable bonds is 5. The molecular formula is C11H13IN2O2. The predicted molar refractivity (Wildman–Crippen MR) is 70.8 cm³/mol. The van der Waals surface area contributed by atoms with Gasteiger partial charge in [0.05, 0.1) is 5.69 Å². The first-order valence-corrected chi connectivity index (χ1v) is 6.00. The highest BCUT2D eigenvalue weighted by Gasteiger charge is 2.05. The average molecular weight is 332 g/mol. The van der Waals surface area contributed by atoms with Crippen LogP contribution in [0.1, 0.15) is 19.3 Å². The summed E-state index contributed by atoms with van der Waals surface area (Å²) in [6, 6.07) is 7.53. The van der Waals surface area contributed by atoms with Crippen molar-refractivity contribution in [2.24, 2.45) is 5.73 Å². The second-order valence-electron chi connectivity index (χ2n) is 3.35. The van der Waals surface area contributed by atoms with Crippen LogP contribution in [-0.2, 0) is 9.59 Å². The Kier molecular flexibility index (Phi) is 5.24. The molecule has 0 heterocycles. The Morgan fingerprint density at radius 3 is 2.56 bits per heavy atom. The summed E-state index contributed by atoms with van der Waals surface area (Å²) in [6.45, 7) is 0. The molecule has 0 saturated heterocycles. The van der Waals surface area contributed by atoms with E-state index >= 15 is 0 Å². The van der Waals surface area contributed by atoms with Crippen molar-refractivity contribution in [2.75, 3.05) is 5.32 Å². The molecule has 16 heavy (non-hydrogen) atoms. The SMILES string of the molecule is NC(=O)CCCC(=O)Nc1ccccc1I. The van der Waals surface area contributed by atoms with Gasteiger partial charge in [-0.2, -0.15) is 0 Å². The monoisotopic (exact) mass is 332 g/mol. The molecule has 0 aliphatic carbocycles. The van der Waals surface area contributed by atoms with Gasteiger partial charge in [0.2, 0.25) is 11.8 Å². The van der Waals surface area contributed by atoms with E-state index in [1.165, 1.54) is 0 Å². The lowest BCUT2D eigenvalue weighted by atomic mass is 10.2. The van der Waals surface area contributed by atoms with E-state index in [0.29, 0.717) is 12.8 Å². The summed E-state index contributed by atoms with van der Waals surface area (Å²) in [6.07, 6.45) is 1.05. The lowest BCUT2D eigenvalue weighted by molar-refractivity contribution is -0.118. The molecule has 2 amide bonds. The fourth-order valence-electron chi connectivity index (χ4n) is 1.20. The smallest absolute Gasteiger partial charge is 0.224 e. The zero-order valence-electron chi connectivity index (χ0n) is 8.70. The Bertz CT molecular complexity index is 393. The lowest BCUT2D eigenvalue weighted by Crippen LogP contribution is -2.15. The summed E-state index contributed by atoms with van der Waals surface area (Å²) in [5.41, 5.74) is 5.78. The van der Waals surface area contributed by atoms with Crippen LogP contribution < -0.4 is 11.1 Å². The number of hydrogen-bond acceptors (Lipinski definition) is 2. The molecule has 0 radical (unpaired) electrons. The van der Waals surface area contributed by atoms with Gasteiger partial charge in [-0.05, 0) is 41.1 Å². The van der Waals surface area contributed by atoms with E-state index in [1.807, 2.05) is 24.3 Å². The van der Waals surface area contributed by atoms with Crippen LogP contribution in [0.3, 0.4) is 0 Å². The number of halogens is 1. The quantitative estimate of drug-likeness (QED) is 0.808. The van der Waals surface area contributed by atoms with Gasteiger partial charge in [-0.1, -0.05) is 12.1 Å². The normalized spacial score (nSPS) is 9.81. The summed E-state index contributed by atoms with van der Waals surface area (Å²) in [5, 5.41) is 2.79. The summed E-state index contributed by atoms with van der Waals surface area (Å²) >= 11 is 2.15. The molecule has 3 N–H and O–H groups in total. The highest BCUT2D eigenvalue weighted by atomic mass is 127. The summed E-state index contributed by atoms with van der Waals surface area (Å²) in [5.74, 6) is -0.465. The number of nitrogens with two attached hydrogens (primary N) is 1. The molecule has 4 nitrogen and oxygen atoms in total. The van der Waals surface area contributed by atoms with E-state index in [4.69, 9.17) is 5.73 Å². The number of carbonyl (C=O) groups excluding carboxylic acids is 2. The number of primary amides is 1. The molecule has 0 fully saturated rings. The van der Waals surface area contributed by atoms with Gasteiger partial charge in [0.15, 0.2) is 0 Å². The van der Waals surface area contributed by atoms with Crippen LogP contribution in [-0.4, -0.2) is 11.8 Å². The maximum absolute atomic E-state index is 11.5. The number of anilines is 1. The molecule has 1 aromatic rings. The first kappa shape index (κ1) is 13.0. The minimum atomic E-state index is -0.373. The number of para-hydroxylation sites is 1. The van der Waals surface area contributed by atoms with Gasteiger partial charge in [-0.25, -0.2) is 0 Å². The topological polar surface area (TPSA) is 72.2 Å². The maximum atomic E-state index is 11.5. The largest absolute Gasteiger partial charge is 0.370 e. The highest BCUT2D eigenvalue weighted by molar-refractivity contribution is 14.1. The first-order valence-electron chi connectivity index (χ1n) is 4.92. The van der Waals surface area contributed by atoms with E-state index in [2.05, 4.69) is 27.9 Å². The third-order valence-corrected chi connectivity index (χ3v) is 2.92. The van der Waals surface area contributed by atoms with Crippen molar-refractivity contribution in [3.05, 3.63) is 27.8 Å². The molecule has 0 aliphatic rings. The molecule has 0 spiro atoms. The van der Waals surface area contributed by atoms with Crippen molar-refractivity contribution in [1.82, 2.24) is 0 Å². The van der Waals surface area contributed by atoms with Gasteiger partial charge in [0.25, 0.3) is 0 Å². The molecule has 0 aliphatic heterocycles. The van der Waals surface area contributed by atoms with Crippen molar-refractivity contribution in [1.29, 1.82) is 0 Å². The molecule has 1 rings (SSSR count). The number of carbonyl (C=O) groups is 2. The third-order valence-electron chi connectivity index (χ3n) is 1.97. The van der Waals surface area contributed by atoms with E-state index in [-0.39, 0.29) is 18.2 Å². The van der Waals surface area contributed by atoms with Gasteiger partial charge >= 0.3 is 0 Å². The molecule has 0 saturated carbocycles. The van der Waals surface area contributed by atoms with Gasteiger partial charge in [0.1, 0.15) is 0 Å². The van der Waals surface area contributed by atoms with Crippen LogP contribution in [0.25, 0.3) is 0 Å². The Morgan fingerprint density at radius 2 is 1.94 bits per heavy atom. The van der Waals surface area contributed by atoms with Crippen LogP contribution in [0.15, 0.2) is 24.3 Å². The molecule has 0 atom stereocenters. The second-order valence-corrected chi connectivity index (χ2v) is 4.51.